The Bertz CT molecular complexity index is 866. The highest BCUT2D eigenvalue weighted by molar-refractivity contribution is 5.59. The Morgan fingerprint density at radius 2 is 1.73 bits per heavy atom. The fourth-order valence-corrected chi connectivity index (χ4v) is 4.44. The zero-order chi connectivity index (χ0) is 21.4. The molecule has 2 aliphatic rings. The molecule has 2 aromatic rings. The number of benzene rings is 2. The lowest BCUT2D eigenvalue weighted by atomic mass is 9.90. The predicted molar refractivity (Wildman–Crippen MR) is 114 cm³/mol. The number of aliphatic hydroxyl groups excluding tert-OH is 4. The molecule has 6 heteroatoms. The van der Waals surface area contributed by atoms with Crippen LogP contribution in [0, 0.1) is 0 Å². The van der Waals surface area contributed by atoms with Gasteiger partial charge in [0, 0.05) is 18.8 Å². The van der Waals surface area contributed by atoms with Gasteiger partial charge in [0.15, 0.2) is 0 Å². The Kier molecular flexibility index (Phi) is 6.14. The van der Waals surface area contributed by atoms with Crippen molar-refractivity contribution < 1.29 is 25.2 Å². The maximum absolute atomic E-state index is 10.4. The number of anilines is 1. The highest BCUT2D eigenvalue weighted by Gasteiger charge is 2.44. The molecule has 2 aliphatic heterocycles. The molecule has 0 aliphatic carbocycles. The topological polar surface area (TPSA) is 93.4 Å². The molecule has 0 amide bonds. The van der Waals surface area contributed by atoms with Crippen molar-refractivity contribution in [2.45, 2.75) is 63.3 Å². The molecule has 1 saturated heterocycles. The van der Waals surface area contributed by atoms with Crippen molar-refractivity contribution in [1.29, 1.82) is 0 Å². The summed E-state index contributed by atoms with van der Waals surface area (Å²) in [5.41, 5.74) is 5.68. The van der Waals surface area contributed by atoms with Crippen molar-refractivity contribution in [2.24, 2.45) is 0 Å². The van der Waals surface area contributed by atoms with Crippen LogP contribution in [0.3, 0.4) is 0 Å². The average molecular weight is 414 g/mol. The van der Waals surface area contributed by atoms with Gasteiger partial charge in [-0.2, -0.15) is 0 Å². The van der Waals surface area contributed by atoms with Gasteiger partial charge >= 0.3 is 0 Å². The van der Waals surface area contributed by atoms with Gasteiger partial charge in [0.1, 0.15) is 30.5 Å². The molecule has 2 aromatic carbocycles. The number of rotatable bonds is 5. The third-order valence-electron chi connectivity index (χ3n) is 6.34. The summed E-state index contributed by atoms with van der Waals surface area (Å²) >= 11 is 0. The van der Waals surface area contributed by atoms with Crippen LogP contribution in [0.15, 0.2) is 42.5 Å². The Morgan fingerprint density at radius 1 is 1.00 bits per heavy atom. The number of ether oxygens (including phenoxy) is 1. The van der Waals surface area contributed by atoms with E-state index < -0.39 is 37.1 Å². The standard InChI is InChI=1S/C24H31NO5/c1-14(2)16-5-3-15(4-6-16)12-25-10-9-17-11-18(7-8-19(17)25)24-23(29)22(28)21(27)20(13-26)30-24/h3-8,11,14,20-24,26-29H,9-10,12-13H2,1-2H3/t20-,21-,22+,23-,24+/m1/s1. The first-order valence-electron chi connectivity index (χ1n) is 10.7. The molecule has 0 unspecified atom stereocenters. The first-order valence-corrected chi connectivity index (χ1v) is 10.7. The van der Waals surface area contributed by atoms with Gasteiger partial charge < -0.3 is 30.1 Å². The van der Waals surface area contributed by atoms with Gasteiger partial charge in [0.05, 0.1) is 6.61 Å². The molecule has 30 heavy (non-hydrogen) atoms. The Labute approximate surface area is 177 Å². The Balaban J connectivity index is 1.51. The third kappa shape index (κ3) is 3.98. The number of hydrogen-bond acceptors (Lipinski definition) is 6. The van der Waals surface area contributed by atoms with Crippen LogP contribution in [0.5, 0.6) is 0 Å². The summed E-state index contributed by atoms with van der Waals surface area (Å²) in [6.07, 6.45) is -4.74. The van der Waals surface area contributed by atoms with E-state index in [0.717, 1.165) is 30.8 Å². The molecular formula is C24H31NO5. The minimum atomic E-state index is -1.36. The first-order chi connectivity index (χ1) is 14.4. The molecule has 0 spiro atoms. The third-order valence-corrected chi connectivity index (χ3v) is 6.34. The Hall–Kier alpha value is -1.96. The quantitative estimate of drug-likeness (QED) is 0.598. The van der Waals surface area contributed by atoms with Crippen molar-refractivity contribution in [3.63, 3.8) is 0 Å². The first kappa shape index (κ1) is 21.3. The summed E-state index contributed by atoms with van der Waals surface area (Å²) in [7, 11) is 0. The van der Waals surface area contributed by atoms with Crippen molar-refractivity contribution in [3.05, 3.63) is 64.7 Å². The summed E-state index contributed by atoms with van der Waals surface area (Å²) in [5, 5.41) is 39.9. The fraction of sp³-hybridized carbons (Fsp3) is 0.500. The molecule has 0 radical (unpaired) electrons. The summed E-state index contributed by atoms with van der Waals surface area (Å²) < 4.78 is 5.71. The minimum Gasteiger partial charge on any atom is -0.394 e. The fourth-order valence-electron chi connectivity index (χ4n) is 4.44. The average Bonchev–Trinajstić information content (AvgIpc) is 3.14. The summed E-state index contributed by atoms with van der Waals surface area (Å²) in [5.74, 6) is 0.521. The maximum atomic E-state index is 10.4. The molecule has 162 valence electrons. The van der Waals surface area contributed by atoms with E-state index in [1.807, 2.05) is 18.2 Å². The van der Waals surface area contributed by atoms with E-state index in [0.29, 0.717) is 5.92 Å². The van der Waals surface area contributed by atoms with Gasteiger partial charge in [-0.25, -0.2) is 0 Å². The van der Waals surface area contributed by atoms with Crippen LogP contribution in [0.4, 0.5) is 5.69 Å². The summed E-state index contributed by atoms with van der Waals surface area (Å²) in [4.78, 5) is 2.34. The smallest absolute Gasteiger partial charge is 0.113 e. The van der Waals surface area contributed by atoms with E-state index in [1.165, 1.54) is 16.7 Å². The molecule has 5 atom stereocenters. The van der Waals surface area contributed by atoms with Gasteiger partial charge in [-0.3, -0.25) is 0 Å². The van der Waals surface area contributed by atoms with Crippen LogP contribution in [0.25, 0.3) is 0 Å². The summed E-state index contributed by atoms with van der Waals surface area (Å²) in [6, 6.07) is 14.7. The van der Waals surface area contributed by atoms with E-state index in [9.17, 15) is 20.4 Å². The van der Waals surface area contributed by atoms with E-state index in [-0.39, 0.29) is 0 Å². The van der Waals surface area contributed by atoms with Gasteiger partial charge in [0.25, 0.3) is 0 Å². The lowest BCUT2D eigenvalue weighted by molar-refractivity contribution is -0.231. The monoisotopic (exact) mass is 413 g/mol. The molecule has 0 bridgehead atoms. The van der Waals surface area contributed by atoms with Gasteiger partial charge in [0.2, 0.25) is 0 Å². The van der Waals surface area contributed by atoms with Crippen LogP contribution in [-0.2, 0) is 17.7 Å². The predicted octanol–water partition coefficient (Wildman–Crippen LogP) is 1.89. The van der Waals surface area contributed by atoms with E-state index in [1.54, 1.807) is 0 Å². The van der Waals surface area contributed by atoms with Crippen molar-refractivity contribution in [1.82, 2.24) is 0 Å². The van der Waals surface area contributed by atoms with Crippen molar-refractivity contribution in [2.75, 3.05) is 18.1 Å². The highest BCUT2D eigenvalue weighted by atomic mass is 16.5. The second-order valence-electron chi connectivity index (χ2n) is 8.71. The number of fused-ring (bicyclic) bond motifs is 1. The second kappa shape index (κ2) is 8.65. The molecule has 4 N–H and O–H groups in total. The van der Waals surface area contributed by atoms with Crippen LogP contribution in [0.1, 0.15) is 48.1 Å². The van der Waals surface area contributed by atoms with E-state index in [2.05, 4.69) is 43.0 Å². The van der Waals surface area contributed by atoms with Gasteiger partial charge in [-0.05, 0) is 40.7 Å². The maximum Gasteiger partial charge on any atom is 0.113 e. The van der Waals surface area contributed by atoms with E-state index >= 15 is 0 Å². The van der Waals surface area contributed by atoms with Crippen LogP contribution in [0.2, 0.25) is 0 Å². The number of nitrogens with zero attached hydrogens (tertiary/aromatic N) is 1. The largest absolute Gasteiger partial charge is 0.394 e. The van der Waals surface area contributed by atoms with Crippen LogP contribution < -0.4 is 4.90 Å². The van der Waals surface area contributed by atoms with Crippen LogP contribution in [-0.4, -0.2) is 58.0 Å². The molecule has 6 nitrogen and oxygen atoms in total. The molecule has 0 aromatic heterocycles. The van der Waals surface area contributed by atoms with Gasteiger partial charge in [-0.15, -0.1) is 0 Å². The lowest BCUT2D eigenvalue weighted by Gasteiger charge is -2.40. The molecular weight excluding hydrogens is 382 g/mol. The molecule has 1 fully saturated rings. The van der Waals surface area contributed by atoms with Gasteiger partial charge in [-0.1, -0.05) is 50.2 Å². The number of aliphatic hydroxyl groups is 4. The summed E-state index contributed by atoms with van der Waals surface area (Å²) in [6.45, 7) is 5.72. The second-order valence-corrected chi connectivity index (χ2v) is 8.71. The highest BCUT2D eigenvalue weighted by Crippen LogP contribution is 2.37. The normalized spacial score (nSPS) is 28.8. The lowest BCUT2D eigenvalue weighted by Crippen LogP contribution is -2.55. The Morgan fingerprint density at radius 3 is 2.40 bits per heavy atom. The van der Waals surface area contributed by atoms with Crippen molar-refractivity contribution in [3.8, 4) is 0 Å². The molecule has 2 heterocycles. The van der Waals surface area contributed by atoms with Crippen LogP contribution >= 0.6 is 0 Å². The SMILES string of the molecule is CC(C)c1ccc(CN2CCc3cc([C@@H]4O[C@H](CO)[C@@H](O)[C@H](O)[C@H]4O)ccc32)cc1. The zero-order valence-corrected chi connectivity index (χ0v) is 17.5. The molecule has 0 saturated carbocycles. The minimum absolute atomic E-state index is 0.421. The molecule has 4 rings (SSSR count). The zero-order valence-electron chi connectivity index (χ0n) is 17.5. The number of hydrogen-bond donors (Lipinski definition) is 4. The van der Waals surface area contributed by atoms with Crippen molar-refractivity contribution >= 4 is 5.69 Å². The van der Waals surface area contributed by atoms with E-state index in [4.69, 9.17) is 4.74 Å².